The van der Waals surface area contributed by atoms with E-state index < -0.39 is 44.9 Å². The lowest BCUT2D eigenvalue weighted by atomic mass is 10.1. The minimum Gasteiger partial charge on any atom is -0.387 e. The molecule has 2 rings (SSSR count). The van der Waals surface area contributed by atoms with E-state index >= 15 is 0 Å². The second-order valence-corrected chi connectivity index (χ2v) is 5.48. The van der Waals surface area contributed by atoms with Crippen molar-refractivity contribution in [2.75, 3.05) is 6.61 Å². The van der Waals surface area contributed by atoms with Crippen molar-refractivity contribution in [3.63, 3.8) is 0 Å². The number of nitrogens with zero attached hydrogens (tertiary/aromatic N) is 3. The number of hydrogen-bond donors (Lipinski definition) is 5. The lowest BCUT2D eigenvalue weighted by Gasteiger charge is -2.14. The predicted molar refractivity (Wildman–Crippen MR) is 62.5 cm³/mol. The molecule has 0 aromatic carbocycles. The van der Waals surface area contributed by atoms with Crippen LogP contribution in [0.5, 0.6) is 0 Å². The SMILES string of the molecule is NC(=O)c1ncn([C@H]2O[C@H](COP(=O)(O)O)[C@@H](O)[C@H]2O)n1. The first-order valence-electron chi connectivity index (χ1n) is 5.61. The molecule has 6 N–H and O–H groups in total. The Kier molecular flexibility index (Phi) is 4.39. The number of aliphatic hydroxyl groups is 2. The Bertz CT molecular complexity index is 572. The van der Waals surface area contributed by atoms with Gasteiger partial charge in [-0.2, -0.15) is 0 Å². The summed E-state index contributed by atoms with van der Waals surface area (Å²) in [5.41, 5.74) is 4.97. The summed E-state index contributed by atoms with van der Waals surface area (Å²) in [6.45, 7) is -0.642. The highest BCUT2D eigenvalue weighted by Crippen LogP contribution is 2.38. The van der Waals surface area contributed by atoms with Crippen LogP contribution in [0, 0.1) is 0 Å². The highest BCUT2D eigenvalue weighted by Gasteiger charge is 2.45. The standard InChI is InChI=1S/C8H13N4O8P/c9-6(15)7-10-2-12(11-7)8-5(14)4(13)3(20-8)1-19-21(16,17)18/h2-5,8,13-14H,1H2,(H2,9,15)(H2,16,17,18)/t3-,4-,5-,8+/m1/s1. The molecule has 0 saturated carbocycles. The molecule has 12 nitrogen and oxygen atoms in total. The second kappa shape index (κ2) is 5.77. The Labute approximate surface area is 117 Å². The van der Waals surface area contributed by atoms with E-state index in [0.717, 1.165) is 11.0 Å². The van der Waals surface area contributed by atoms with Crippen LogP contribution in [0.1, 0.15) is 16.8 Å². The van der Waals surface area contributed by atoms with Crippen LogP contribution in [0.4, 0.5) is 0 Å². The zero-order valence-corrected chi connectivity index (χ0v) is 11.3. The van der Waals surface area contributed by atoms with Crippen LogP contribution in [0.15, 0.2) is 6.33 Å². The van der Waals surface area contributed by atoms with Crippen molar-refractivity contribution in [2.24, 2.45) is 5.73 Å². The molecule has 13 heteroatoms. The van der Waals surface area contributed by atoms with Gasteiger partial charge in [0.25, 0.3) is 5.91 Å². The molecule has 2 heterocycles. The van der Waals surface area contributed by atoms with E-state index in [1.54, 1.807) is 0 Å². The van der Waals surface area contributed by atoms with Crippen LogP contribution in [-0.2, 0) is 13.8 Å². The van der Waals surface area contributed by atoms with Gasteiger partial charge >= 0.3 is 7.82 Å². The minimum atomic E-state index is -4.73. The molecule has 1 fully saturated rings. The number of rotatable bonds is 5. The van der Waals surface area contributed by atoms with Crippen molar-refractivity contribution < 1.29 is 38.6 Å². The number of carbonyl (C=O) groups excluding carboxylic acids is 1. The second-order valence-electron chi connectivity index (χ2n) is 4.25. The summed E-state index contributed by atoms with van der Waals surface area (Å²) in [7, 11) is -4.73. The summed E-state index contributed by atoms with van der Waals surface area (Å²) in [5, 5.41) is 23.2. The van der Waals surface area contributed by atoms with Crippen LogP contribution in [0.3, 0.4) is 0 Å². The lowest BCUT2D eigenvalue weighted by molar-refractivity contribution is -0.0581. The van der Waals surface area contributed by atoms with Gasteiger partial charge in [-0.25, -0.2) is 14.2 Å². The summed E-state index contributed by atoms with van der Waals surface area (Å²) < 4.78 is 21.0. The zero-order chi connectivity index (χ0) is 15.8. The Morgan fingerprint density at radius 3 is 2.67 bits per heavy atom. The first-order valence-corrected chi connectivity index (χ1v) is 7.14. The van der Waals surface area contributed by atoms with E-state index in [4.69, 9.17) is 20.3 Å². The van der Waals surface area contributed by atoms with Crippen molar-refractivity contribution in [3.8, 4) is 0 Å². The molecule has 0 bridgehead atoms. The van der Waals surface area contributed by atoms with Crippen molar-refractivity contribution in [1.29, 1.82) is 0 Å². The van der Waals surface area contributed by atoms with E-state index in [2.05, 4.69) is 14.6 Å². The number of nitrogens with two attached hydrogens (primary N) is 1. The first kappa shape index (κ1) is 16.0. The molecular formula is C8H13N4O8P. The summed E-state index contributed by atoms with van der Waals surface area (Å²) in [4.78, 5) is 31.6. The fourth-order valence-corrected chi connectivity index (χ4v) is 2.11. The van der Waals surface area contributed by atoms with Gasteiger partial charge in [0, 0.05) is 0 Å². The molecule has 1 amide bonds. The minimum absolute atomic E-state index is 0.310. The van der Waals surface area contributed by atoms with E-state index in [1.165, 1.54) is 0 Å². The quantitative estimate of drug-likeness (QED) is 0.351. The Morgan fingerprint density at radius 1 is 1.48 bits per heavy atom. The number of aliphatic hydroxyl groups excluding tert-OH is 2. The number of aromatic nitrogens is 3. The van der Waals surface area contributed by atoms with Gasteiger partial charge in [-0.05, 0) is 0 Å². The molecule has 1 aromatic rings. The lowest BCUT2D eigenvalue weighted by Crippen LogP contribution is -2.33. The molecule has 1 aromatic heterocycles. The average molecular weight is 324 g/mol. The summed E-state index contributed by atoms with van der Waals surface area (Å²) in [5.74, 6) is -1.20. The largest absolute Gasteiger partial charge is 0.469 e. The number of primary amides is 1. The highest BCUT2D eigenvalue weighted by molar-refractivity contribution is 7.46. The van der Waals surface area contributed by atoms with Crippen LogP contribution in [0.2, 0.25) is 0 Å². The fourth-order valence-electron chi connectivity index (χ4n) is 1.77. The Morgan fingerprint density at radius 2 is 2.14 bits per heavy atom. The molecule has 0 aliphatic carbocycles. The van der Waals surface area contributed by atoms with Gasteiger partial charge in [-0.1, -0.05) is 0 Å². The monoisotopic (exact) mass is 324 g/mol. The number of phosphoric acid groups is 1. The molecule has 0 spiro atoms. The molecule has 1 aliphatic heterocycles. The topological polar surface area (TPSA) is 190 Å². The van der Waals surface area contributed by atoms with Gasteiger partial charge in [-0.15, -0.1) is 5.10 Å². The van der Waals surface area contributed by atoms with Crippen molar-refractivity contribution in [2.45, 2.75) is 24.5 Å². The fraction of sp³-hybridized carbons (Fsp3) is 0.625. The Balaban J connectivity index is 2.08. The number of carbonyl (C=O) groups is 1. The van der Waals surface area contributed by atoms with E-state index in [0.29, 0.717) is 0 Å². The van der Waals surface area contributed by atoms with Crippen LogP contribution in [-0.4, -0.2) is 65.6 Å². The summed E-state index contributed by atoms with van der Waals surface area (Å²) >= 11 is 0. The van der Waals surface area contributed by atoms with Gasteiger partial charge in [0.05, 0.1) is 6.61 Å². The first-order chi connectivity index (χ1) is 9.69. The van der Waals surface area contributed by atoms with E-state index in [-0.39, 0.29) is 5.82 Å². The van der Waals surface area contributed by atoms with Gasteiger partial charge < -0.3 is 30.5 Å². The van der Waals surface area contributed by atoms with E-state index in [1.807, 2.05) is 0 Å². The van der Waals surface area contributed by atoms with E-state index in [9.17, 15) is 19.6 Å². The zero-order valence-electron chi connectivity index (χ0n) is 10.4. The van der Waals surface area contributed by atoms with Crippen LogP contribution in [0.25, 0.3) is 0 Å². The third-order valence-electron chi connectivity index (χ3n) is 2.73. The number of hydrogen-bond acceptors (Lipinski definition) is 8. The molecular weight excluding hydrogens is 311 g/mol. The number of phosphoric ester groups is 1. The third-order valence-corrected chi connectivity index (χ3v) is 3.22. The van der Waals surface area contributed by atoms with Crippen molar-refractivity contribution >= 4 is 13.7 Å². The van der Waals surface area contributed by atoms with Gasteiger partial charge in [0.15, 0.2) is 6.23 Å². The van der Waals surface area contributed by atoms with Crippen molar-refractivity contribution in [3.05, 3.63) is 12.2 Å². The number of amides is 1. The number of ether oxygens (including phenoxy) is 1. The maximum Gasteiger partial charge on any atom is 0.469 e. The third kappa shape index (κ3) is 3.63. The van der Waals surface area contributed by atoms with Crippen LogP contribution >= 0.6 is 7.82 Å². The smallest absolute Gasteiger partial charge is 0.387 e. The summed E-state index contributed by atoms with van der Waals surface area (Å²) in [6, 6.07) is 0. The molecule has 1 saturated heterocycles. The maximum absolute atomic E-state index is 10.9. The Hall–Kier alpha value is -1.40. The van der Waals surface area contributed by atoms with Gasteiger partial charge in [-0.3, -0.25) is 9.32 Å². The van der Waals surface area contributed by atoms with Gasteiger partial charge in [0.1, 0.15) is 24.6 Å². The average Bonchev–Trinajstić information content (AvgIpc) is 2.94. The van der Waals surface area contributed by atoms with Crippen molar-refractivity contribution in [1.82, 2.24) is 14.8 Å². The van der Waals surface area contributed by atoms with Gasteiger partial charge in [0.2, 0.25) is 5.82 Å². The molecule has 21 heavy (non-hydrogen) atoms. The summed E-state index contributed by atoms with van der Waals surface area (Å²) in [6.07, 6.45) is -4.27. The molecule has 0 radical (unpaired) electrons. The molecule has 4 atom stereocenters. The molecule has 1 aliphatic rings. The maximum atomic E-state index is 10.9. The predicted octanol–water partition coefficient (Wildman–Crippen LogP) is -2.89. The normalized spacial score (nSPS) is 29.7. The highest BCUT2D eigenvalue weighted by atomic mass is 31.2. The molecule has 118 valence electrons. The molecule has 0 unspecified atom stereocenters. The van der Waals surface area contributed by atoms with Crippen LogP contribution < -0.4 is 5.73 Å².